The molecule has 3 amide bonds. The number of methoxy groups -OCH3 is 1. The highest BCUT2D eigenvalue weighted by Crippen LogP contribution is 2.37. The summed E-state index contributed by atoms with van der Waals surface area (Å²) in [6.07, 6.45) is 3.83. The topological polar surface area (TPSA) is 125 Å². The zero-order chi connectivity index (χ0) is 30.2. The molecule has 9 nitrogen and oxygen atoms in total. The van der Waals surface area contributed by atoms with E-state index >= 15 is 0 Å². The van der Waals surface area contributed by atoms with E-state index in [0.29, 0.717) is 47.3 Å². The van der Waals surface area contributed by atoms with Gasteiger partial charge in [0.2, 0.25) is 17.7 Å². The van der Waals surface area contributed by atoms with Gasteiger partial charge in [0.25, 0.3) is 0 Å². The van der Waals surface area contributed by atoms with Gasteiger partial charge in [-0.05, 0) is 65.1 Å². The molecular weight excluding hydrogens is 601 g/mol. The van der Waals surface area contributed by atoms with Gasteiger partial charge in [-0.15, -0.1) is 11.3 Å². The van der Waals surface area contributed by atoms with E-state index in [1.54, 1.807) is 42.4 Å². The fraction of sp³-hybridized carbons (Fsp3) is 0.333. The zero-order valence-electron chi connectivity index (χ0n) is 22.9. The Hall–Kier alpha value is -3.60. The number of carbonyl (C=O) groups excluding carboxylic acids is 3. The molecule has 3 aromatic rings. The first kappa shape index (κ1) is 31.3. The van der Waals surface area contributed by atoms with Gasteiger partial charge in [-0.2, -0.15) is 0 Å². The van der Waals surface area contributed by atoms with Gasteiger partial charge in [0.05, 0.1) is 40.6 Å². The lowest BCUT2D eigenvalue weighted by molar-refractivity contribution is -0.141. The number of ether oxygens (including phenoxy) is 1. The summed E-state index contributed by atoms with van der Waals surface area (Å²) >= 11 is 14.3. The summed E-state index contributed by atoms with van der Waals surface area (Å²) in [5.74, 6) is -2.33. The number of nitrogens with zero attached hydrogens (tertiary/aromatic N) is 1. The van der Waals surface area contributed by atoms with E-state index in [0.717, 1.165) is 15.6 Å². The molecule has 2 aromatic carbocycles. The molecular formula is C30H31Cl2N3O6S. The molecule has 0 bridgehead atoms. The zero-order valence-corrected chi connectivity index (χ0v) is 25.2. The highest BCUT2D eigenvalue weighted by molar-refractivity contribution is 7.18. The van der Waals surface area contributed by atoms with Crippen LogP contribution in [0.3, 0.4) is 0 Å². The summed E-state index contributed by atoms with van der Waals surface area (Å²) < 4.78 is 6.01. The van der Waals surface area contributed by atoms with E-state index in [1.165, 1.54) is 17.4 Å². The van der Waals surface area contributed by atoms with Crippen LogP contribution in [-0.4, -0.2) is 66.5 Å². The lowest BCUT2D eigenvalue weighted by atomic mass is 10.0. The van der Waals surface area contributed by atoms with Gasteiger partial charge in [0.1, 0.15) is 5.75 Å². The molecule has 0 saturated carbocycles. The third kappa shape index (κ3) is 8.24. The molecule has 3 N–H and O–H groups in total. The first-order chi connectivity index (χ1) is 20.1. The molecule has 1 fully saturated rings. The van der Waals surface area contributed by atoms with Crippen molar-refractivity contribution in [3.63, 3.8) is 0 Å². The summed E-state index contributed by atoms with van der Waals surface area (Å²) in [4.78, 5) is 51.3. The maximum absolute atomic E-state index is 12.9. The van der Waals surface area contributed by atoms with Crippen molar-refractivity contribution in [3.05, 3.63) is 69.0 Å². The maximum Gasteiger partial charge on any atom is 0.304 e. The number of hydrogen-bond donors (Lipinski definition) is 3. The maximum atomic E-state index is 12.9. The van der Waals surface area contributed by atoms with Crippen molar-refractivity contribution in [2.45, 2.75) is 31.7 Å². The first-order valence-corrected chi connectivity index (χ1v) is 15.0. The molecule has 12 heteroatoms. The summed E-state index contributed by atoms with van der Waals surface area (Å²) in [5, 5.41) is 18.6. The molecule has 1 unspecified atom stereocenters. The third-order valence-electron chi connectivity index (χ3n) is 7.07. The predicted molar refractivity (Wildman–Crippen MR) is 164 cm³/mol. The quantitative estimate of drug-likeness (QED) is 0.261. The van der Waals surface area contributed by atoms with Gasteiger partial charge in [0.15, 0.2) is 0 Å². The van der Waals surface area contributed by atoms with E-state index < -0.39 is 24.2 Å². The van der Waals surface area contributed by atoms with Crippen molar-refractivity contribution in [1.29, 1.82) is 0 Å². The lowest BCUT2D eigenvalue weighted by Crippen LogP contribution is -2.49. The van der Waals surface area contributed by atoms with Gasteiger partial charge >= 0.3 is 5.97 Å². The second-order valence-corrected chi connectivity index (χ2v) is 11.7. The molecule has 222 valence electrons. The number of carbonyl (C=O) groups is 4. The monoisotopic (exact) mass is 631 g/mol. The number of piperidine rings is 1. The van der Waals surface area contributed by atoms with Gasteiger partial charge in [-0.25, -0.2) is 0 Å². The van der Waals surface area contributed by atoms with E-state index in [9.17, 15) is 24.3 Å². The average Bonchev–Trinajstić information content (AvgIpc) is 3.45. The number of amides is 3. The molecule has 1 saturated heterocycles. The molecule has 1 aromatic heterocycles. The number of nitrogens with one attached hydrogen (secondary N) is 2. The van der Waals surface area contributed by atoms with Gasteiger partial charge in [0, 0.05) is 31.8 Å². The molecule has 42 heavy (non-hydrogen) atoms. The summed E-state index contributed by atoms with van der Waals surface area (Å²) in [6, 6.07) is 10.6. The van der Waals surface area contributed by atoms with Crippen LogP contribution in [0.4, 0.5) is 0 Å². The number of carboxylic acid groups (broad SMARTS) is 1. The fourth-order valence-electron chi connectivity index (χ4n) is 4.72. The molecule has 1 aliphatic rings. The second-order valence-electron chi connectivity index (χ2n) is 10.00. The number of carboxylic acids is 1. The van der Waals surface area contributed by atoms with E-state index in [-0.39, 0.29) is 30.8 Å². The van der Waals surface area contributed by atoms with Crippen molar-refractivity contribution >= 4 is 74.4 Å². The highest BCUT2D eigenvalue weighted by Gasteiger charge is 2.28. The molecule has 0 spiro atoms. The predicted octanol–water partition coefficient (Wildman–Crippen LogP) is 4.79. The molecule has 1 aliphatic heterocycles. The van der Waals surface area contributed by atoms with Crippen LogP contribution in [0.15, 0.2) is 47.9 Å². The van der Waals surface area contributed by atoms with E-state index in [2.05, 4.69) is 10.6 Å². The lowest BCUT2D eigenvalue weighted by Gasteiger charge is -2.32. The van der Waals surface area contributed by atoms with Crippen LogP contribution >= 0.6 is 34.5 Å². The minimum absolute atomic E-state index is 0.0914. The standard InChI is InChI=1S/C30H31Cl2N3O6S/c1-41-23-5-2-18(3-6-23)14-24(36)33-17-21(16-26(38)39)30(40)34-22-8-11-35(12-9-22)25(37)7-4-19-15-20-10-13-42-29(20)28(32)27(19)31/h2-7,10,13,15,21-22H,8-9,11-12,14,16-17H2,1H3,(H,33,36)(H,34,40)(H,38,39)/b7-4+. The molecule has 2 heterocycles. The molecule has 0 aliphatic carbocycles. The second kappa shape index (κ2) is 14.5. The molecule has 4 rings (SSSR count). The van der Waals surface area contributed by atoms with Crippen molar-refractivity contribution in [3.8, 4) is 5.75 Å². The van der Waals surface area contributed by atoms with Crippen molar-refractivity contribution in [2.75, 3.05) is 26.7 Å². The van der Waals surface area contributed by atoms with Crippen molar-refractivity contribution in [2.24, 2.45) is 5.92 Å². The number of fused-ring (bicyclic) bond motifs is 1. The van der Waals surface area contributed by atoms with Crippen LogP contribution in [-0.2, 0) is 25.6 Å². The Morgan fingerprint density at radius 2 is 1.83 bits per heavy atom. The Morgan fingerprint density at radius 3 is 2.50 bits per heavy atom. The Kier molecular flexibility index (Phi) is 10.8. The minimum Gasteiger partial charge on any atom is -0.497 e. The number of thiophene rings is 1. The van der Waals surface area contributed by atoms with Crippen LogP contribution in [0.2, 0.25) is 10.0 Å². The number of aliphatic carboxylic acids is 1. The number of rotatable bonds is 11. The fourth-order valence-corrected chi connectivity index (χ4v) is 6.16. The van der Waals surface area contributed by atoms with Crippen LogP contribution in [0.1, 0.15) is 30.4 Å². The van der Waals surface area contributed by atoms with Gasteiger partial charge < -0.3 is 25.4 Å². The van der Waals surface area contributed by atoms with E-state index in [1.807, 2.05) is 17.5 Å². The summed E-state index contributed by atoms with van der Waals surface area (Å²) in [5.41, 5.74) is 1.42. The van der Waals surface area contributed by atoms with Crippen LogP contribution in [0.25, 0.3) is 16.2 Å². The van der Waals surface area contributed by atoms with Gasteiger partial charge in [-0.3, -0.25) is 19.2 Å². The Balaban J connectivity index is 1.26. The van der Waals surface area contributed by atoms with E-state index in [4.69, 9.17) is 27.9 Å². The average molecular weight is 633 g/mol. The Morgan fingerprint density at radius 1 is 1.12 bits per heavy atom. The minimum atomic E-state index is -1.13. The number of likely N-dealkylation sites (tertiary alicyclic amines) is 1. The summed E-state index contributed by atoms with van der Waals surface area (Å²) in [6.45, 7) is 0.752. The normalized spacial score (nSPS) is 14.6. The highest BCUT2D eigenvalue weighted by atomic mass is 35.5. The number of halogens is 2. The SMILES string of the molecule is COc1ccc(CC(=O)NCC(CC(=O)O)C(=O)NC2CCN(C(=O)/C=C/c3cc4ccsc4c(Cl)c3Cl)CC2)cc1. The number of hydrogen-bond acceptors (Lipinski definition) is 6. The van der Waals surface area contributed by atoms with Crippen LogP contribution in [0, 0.1) is 5.92 Å². The smallest absolute Gasteiger partial charge is 0.304 e. The summed E-state index contributed by atoms with van der Waals surface area (Å²) in [7, 11) is 1.55. The van der Waals surface area contributed by atoms with Crippen LogP contribution in [0.5, 0.6) is 5.75 Å². The molecule has 1 atom stereocenters. The van der Waals surface area contributed by atoms with Crippen LogP contribution < -0.4 is 15.4 Å². The van der Waals surface area contributed by atoms with Gasteiger partial charge in [-0.1, -0.05) is 35.3 Å². The largest absolute Gasteiger partial charge is 0.497 e. The van der Waals surface area contributed by atoms with Crippen molar-refractivity contribution < 1.29 is 29.0 Å². The number of benzene rings is 2. The van der Waals surface area contributed by atoms with Crippen molar-refractivity contribution in [1.82, 2.24) is 15.5 Å². The first-order valence-electron chi connectivity index (χ1n) is 13.4. The Bertz CT molecular complexity index is 1480. The molecule has 0 radical (unpaired) electrons. The third-order valence-corrected chi connectivity index (χ3v) is 9.01. The Labute approximate surface area is 257 Å².